The normalized spacial score (nSPS) is 12.1. The van der Waals surface area contributed by atoms with Crippen molar-refractivity contribution >= 4 is 27.5 Å². The fourth-order valence-electron chi connectivity index (χ4n) is 3.59. The predicted octanol–water partition coefficient (Wildman–Crippen LogP) is 4.56. The van der Waals surface area contributed by atoms with Crippen LogP contribution in [-0.4, -0.2) is 24.2 Å². The topological polar surface area (TPSA) is 43.6 Å². The SMILES string of the molecule is COCCn1c(=NC(=O)Cc2c(C)cc(C)cc2C)sc2cc(C)c(C)cc21. The van der Waals surface area contributed by atoms with Gasteiger partial charge in [-0.15, -0.1) is 0 Å². The molecule has 3 aromatic rings. The average molecular weight is 397 g/mol. The highest BCUT2D eigenvalue weighted by Gasteiger charge is 2.12. The number of benzene rings is 2. The first-order valence-corrected chi connectivity index (χ1v) is 10.4. The van der Waals surface area contributed by atoms with Crippen LogP contribution in [-0.2, 0) is 22.5 Å². The van der Waals surface area contributed by atoms with E-state index >= 15 is 0 Å². The number of amides is 1. The molecule has 4 nitrogen and oxygen atoms in total. The van der Waals surface area contributed by atoms with E-state index in [0.717, 1.165) is 31.7 Å². The lowest BCUT2D eigenvalue weighted by Gasteiger charge is -2.09. The van der Waals surface area contributed by atoms with E-state index in [-0.39, 0.29) is 5.91 Å². The molecule has 28 heavy (non-hydrogen) atoms. The van der Waals surface area contributed by atoms with Gasteiger partial charge in [-0.25, -0.2) is 0 Å². The molecule has 0 unspecified atom stereocenters. The number of thiazole rings is 1. The molecule has 2 aromatic carbocycles. The van der Waals surface area contributed by atoms with Crippen molar-refractivity contribution < 1.29 is 9.53 Å². The van der Waals surface area contributed by atoms with Crippen molar-refractivity contribution in [3.05, 3.63) is 62.4 Å². The van der Waals surface area contributed by atoms with Gasteiger partial charge in [0, 0.05) is 13.7 Å². The van der Waals surface area contributed by atoms with Gasteiger partial charge in [0.1, 0.15) is 0 Å². The van der Waals surface area contributed by atoms with Crippen molar-refractivity contribution in [3.63, 3.8) is 0 Å². The number of rotatable bonds is 5. The Kier molecular flexibility index (Phi) is 6.16. The number of hydrogen-bond donors (Lipinski definition) is 0. The molecule has 1 aromatic heterocycles. The molecule has 1 amide bonds. The Labute approximate surface area is 170 Å². The number of fused-ring (bicyclic) bond motifs is 1. The highest BCUT2D eigenvalue weighted by Crippen LogP contribution is 2.22. The van der Waals surface area contributed by atoms with E-state index in [2.05, 4.69) is 68.4 Å². The van der Waals surface area contributed by atoms with Crippen molar-refractivity contribution in [1.82, 2.24) is 4.57 Å². The lowest BCUT2D eigenvalue weighted by molar-refractivity contribution is -0.117. The van der Waals surface area contributed by atoms with Crippen LogP contribution in [0.2, 0.25) is 0 Å². The molecule has 5 heteroatoms. The van der Waals surface area contributed by atoms with Gasteiger partial charge in [-0.1, -0.05) is 29.0 Å². The number of methoxy groups -OCH3 is 1. The van der Waals surface area contributed by atoms with Crippen molar-refractivity contribution in [2.45, 2.75) is 47.6 Å². The Balaban J connectivity index is 2.04. The maximum atomic E-state index is 12.8. The summed E-state index contributed by atoms with van der Waals surface area (Å²) in [6.07, 6.45) is 0.328. The summed E-state index contributed by atoms with van der Waals surface area (Å²) in [7, 11) is 1.69. The van der Waals surface area contributed by atoms with Gasteiger partial charge in [-0.2, -0.15) is 4.99 Å². The van der Waals surface area contributed by atoms with Crippen molar-refractivity contribution in [2.24, 2.45) is 4.99 Å². The first-order chi connectivity index (χ1) is 13.3. The van der Waals surface area contributed by atoms with Crippen LogP contribution in [0.1, 0.15) is 33.4 Å². The van der Waals surface area contributed by atoms with E-state index in [9.17, 15) is 4.79 Å². The summed E-state index contributed by atoms with van der Waals surface area (Å²) in [5, 5.41) is 0. The molecule has 148 valence electrons. The second kappa shape index (κ2) is 8.41. The summed E-state index contributed by atoms with van der Waals surface area (Å²) in [6, 6.07) is 8.60. The zero-order valence-corrected chi connectivity index (χ0v) is 18.4. The van der Waals surface area contributed by atoms with Gasteiger partial charge < -0.3 is 9.30 Å². The number of aromatic nitrogens is 1. The molecule has 0 bridgehead atoms. The standard InChI is InChI=1S/C23H28N2O2S/c1-14-9-17(4)19(18(5)10-14)13-22(26)24-23-25(7-8-27-6)20-11-15(2)16(3)12-21(20)28-23/h9-12H,7-8,13H2,1-6H3. The third kappa shape index (κ3) is 4.26. The molecular formula is C23H28N2O2S. The second-order valence-electron chi connectivity index (χ2n) is 7.49. The van der Waals surface area contributed by atoms with Crippen molar-refractivity contribution in [2.75, 3.05) is 13.7 Å². The molecule has 0 saturated carbocycles. The third-order valence-electron chi connectivity index (χ3n) is 5.21. The number of aryl methyl sites for hydroxylation is 5. The minimum atomic E-state index is -0.110. The van der Waals surface area contributed by atoms with Crippen LogP contribution in [0.4, 0.5) is 0 Å². The summed E-state index contributed by atoms with van der Waals surface area (Å²) >= 11 is 1.57. The molecule has 3 rings (SSSR count). The number of nitrogens with zero attached hydrogens (tertiary/aromatic N) is 2. The van der Waals surface area contributed by atoms with E-state index in [1.54, 1.807) is 18.4 Å². The largest absolute Gasteiger partial charge is 0.383 e. The minimum Gasteiger partial charge on any atom is -0.383 e. The molecule has 0 spiro atoms. The minimum absolute atomic E-state index is 0.110. The van der Waals surface area contributed by atoms with Crippen molar-refractivity contribution in [1.29, 1.82) is 0 Å². The molecule has 0 aliphatic heterocycles. The van der Waals surface area contributed by atoms with Gasteiger partial charge >= 0.3 is 0 Å². The maximum absolute atomic E-state index is 12.8. The van der Waals surface area contributed by atoms with Crippen LogP contribution >= 0.6 is 11.3 Å². The average Bonchev–Trinajstić information content (AvgIpc) is 2.92. The van der Waals surface area contributed by atoms with Gasteiger partial charge in [-0.3, -0.25) is 4.79 Å². The Morgan fingerprint density at radius 3 is 2.29 bits per heavy atom. The van der Waals surface area contributed by atoms with Gasteiger partial charge in [0.25, 0.3) is 5.91 Å². The first kappa shape index (κ1) is 20.5. The fourth-order valence-corrected chi connectivity index (χ4v) is 4.75. The lowest BCUT2D eigenvalue weighted by atomic mass is 9.97. The molecule has 0 radical (unpaired) electrons. The smallest absolute Gasteiger partial charge is 0.252 e. The lowest BCUT2D eigenvalue weighted by Crippen LogP contribution is -2.20. The van der Waals surface area contributed by atoms with E-state index in [1.807, 2.05) is 0 Å². The Hall–Kier alpha value is -2.24. The molecular weight excluding hydrogens is 368 g/mol. The number of ether oxygens (including phenoxy) is 1. The summed E-state index contributed by atoms with van der Waals surface area (Å²) in [5.41, 5.74) is 8.19. The van der Waals surface area contributed by atoms with E-state index < -0.39 is 0 Å². The molecule has 1 heterocycles. The number of carbonyl (C=O) groups is 1. The molecule has 0 N–H and O–H groups in total. The first-order valence-electron chi connectivity index (χ1n) is 9.54. The van der Waals surface area contributed by atoms with Crippen LogP contribution in [0.25, 0.3) is 10.2 Å². The van der Waals surface area contributed by atoms with Gasteiger partial charge in [-0.05, 0) is 74.6 Å². The van der Waals surface area contributed by atoms with Crippen LogP contribution in [0.3, 0.4) is 0 Å². The van der Waals surface area contributed by atoms with Gasteiger partial charge in [0.15, 0.2) is 4.80 Å². The molecule has 0 fully saturated rings. The van der Waals surface area contributed by atoms with Crippen LogP contribution in [0.15, 0.2) is 29.3 Å². The van der Waals surface area contributed by atoms with E-state index in [0.29, 0.717) is 19.6 Å². The number of hydrogen-bond acceptors (Lipinski definition) is 3. The van der Waals surface area contributed by atoms with Crippen LogP contribution in [0.5, 0.6) is 0 Å². The fraction of sp³-hybridized carbons (Fsp3) is 0.391. The summed E-state index contributed by atoms with van der Waals surface area (Å²) < 4.78 is 8.52. The second-order valence-corrected chi connectivity index (χ2v) is 8.50. The van der Waals surface area contributed by atoms with Crippen LogP contribution < -0.4 is 4.80 Å². The van der Waals surface area contributed by atoms with E-state index in [4.69, 9.17) is 4.74 Å². The summed E-state index contributed by atoms with van der Waals surface area (Å²) in [4.78, 5) is 18.0. The predicted molar refractivity (Wildman–Crippen MR) is 116 cm³/mol. The number of carbonyl (C=O) groups excluding carboxylic acids is 1. The highest BCUT2D eigenvalue weighted by molar-refractivity contribution is 7.16. The van der Waals surface area contributed by atoms with Crippen molar-refractivity contribution in [3.8, 4) is 0 Å². The Bertz CT molecular complexity index is 1080. The Morgan fingerprint density at radius 2 is 1.64 bits per heavy atom. The quantitative estimate of drug-likeness (QED) is 0.634. The third-order valence-corrected chi connectivity index (χ3v) is 6.25. The van der Waals surface area contributed by atoms with Crippen LogP contribution in [0, 0.1) is 34.6 Å². The zero-order chi connectivity index (χ0) is 20.4. The van der Waals surface area contributed by atoms with Gasteiger partial charge in [0.2, 0.25) is 0 Å². The molecule has 0 atom stereocenters. The van der Waals surface area contributed by atoms with E-state index in [1.165, 1.54) is 16.7 Å². The van der Waals surface area contributed by atoms with Gasteiger partial charge in [0.05, 0.1) is 23.2 Å². The molecule has 0 saturated heterocycles. The molecule has 0 aliphatic carbocycles. The summed E-state index contributed by atoms with van der Waals surface area (Å²) in [5.74, 6) is -0.110. The summed E-state index contributed by atoms with van der Waals surface area (Å²) in [6.45, 7) is 11.7. The Morgan fingerprint density at radius 1 is 1.00 bits per heavy atom. The maximum Gasteiger partial charge on any atom is 0.252 e. The molecule has 0 aliphatic rings. The highest BCUT2D eigenvalue weighted by atomic mass is 32.1. The zero-order valence-electron chi connectivity index (χ0n) is 17.5. The monoisotopic (exact) mass is 396 g/mol.